The van der Waals surface area contributed by atoms with Crippen molar-refractivity contribution in [1.82, 2.24) is 4.90 Å². The van der Waals surface area contributed by atoms with E-state index in [0.717, 1.165) is 0 Å². The van der Waals surface area contributed by atoms with E-state index in [-0.39, 0.29) is 35.5 Å². The fourth-order valence-electron chi connectivity index (χ4n) is 3.67. The second-order valence-corrected chi connectivity index (χ2v) is 7.67. The van der Waals surface area contributed by atoms with Crippen molar-refractivity contribution < 1.29 is 32.3 Å². The van der Waals surface area contributed by atoms with E-state index in [1.165, 1.54) is 30.3 Å². The first-order valence-electron chi connectivity index (χ1n) is 10.8. The van der Waals surface area contributed by atoms with Crippen molar-refractivity contribution in [2.24, 2.45) is 0 Å². The number of morpholine rings is 1. The van der Waals surface area contributed by atoms with Gasteiger partial charge < -0.3 is 28.5 Å². The second-order valence-electron chi connectivity index (χ2n) is 7.67. The highest BCUT2D eigenvalue weighted by molar-refractivity contribution is 6.13. The van der Waals surface area contributed by atoms with E-state index in [4.69, 9.17) is 18.3 Å². The minimum Gasteiger partial charge on any atom is -0.486 e. The number of fused-ring (bicyclic) bond motifs is 1. The van der Waals surface area contributed by atoms with Gasteiger partial charge in [0.05, 0.1) is 13.2 Å². The predicted octanol–water partition coefficient (Wildman–Crippen LogP) is 4.47. The molecule has 34 heavy (non-hydrogen) atoms. The molecule has 1 fully saturated rings. The third kappa shape index (κ3) is 4.51. The van der Waals surface area contributed by atoms with Gasteiger partial charge in [0.15, 0.2) is 5.76 Å². The lowest BCUT2D eigenvalue weighted by Crippen LogP contribution is -2.40. The summed E-state index contributed by atoms with van der Waals surface area (Å²) in [6.45, 7) is 1.84. The summed E-state index contributed by atoms with van der Waals surface area (Å²) >= 11 is 0. The maximum Gasteiger partial charge on any atom is 0.291 e. The minimum absolute atomic E-state index is 0.0489. The molecule has 3 heterocycles. The SMILES string of the molecule is O=C(Nc1c(C(=O)N2CCOCC2)oc2ccccc12)c1ccc(COc2ccc(F)cc2)o1. The molecule has 0 saturated carbocycles. The lowest BCUT2D eigenvalue weighted by atomic mass is 10.2. The summed E-state index contributed by atoms with van der Waals surface area (Å²) in [4.78, 5) is 27.7. The number of amides is 2. The average molecular weight is 464 g/mol. The van der Waals surface area contributed by atoms with E-state index >= 15 is 0 Å². The van der Waals surface area contributed by atoms with Crippen LogP contribution in [-0.2, 0) is 11.3 Å². The smallest absolute Gasteiger partial charge is 0.291 e. The van der Waals surface area contributed by atoms with E-state index in [9.17, 15) is 14.0 Å². The van der Waals surface area contributed by atoms with Crippen LogP contribution in [0, 0.1) is 5.82 Å². The Hall–Kier alpha value is -4.11. The second kappa shape index (κ2) is 9.40. The monoisotopic (exact) mass is 464 g/mol. The summed E-state index contributed by atoms with van der Waals surface area (Å²) in [6.07, 6.45) is 0. The quantitative estimate of drug-likeness (QED) is 0.453. The van der Waals surface area contributed by atoms with Crippen LogP contribution in [0.5, 0.6) is 5.75 Å². The molecule has 0 radical (unpaired) electrons. The molecule has 2 aromatic carbocycles. The first-order chi connectivity index (χ1) is 16.6. The zero-order valence-electron chi connectivity index (χ0n) is 18.1. The maximum absolute atomic E-state index is 13.1. The highest BCUT2D eigenvalue weighted by atomic mass is 19.1. The van der Waals surface area contributed by atoms with Gasteiger partial charge in [-0.25, -0.2) is 4.39 Å². The van der Waals surface area contributed by atoms with Gasteiger partial charge in [0, 0.05) is 18.5 Å². The standard InChI is InChI=1S/C25H21FN2O6/c26-16-5-7-17(8-6-16)32-15-18-9-10-21(33-18)24(29)27-22-19-3-1-2-4-20(19)34-23(22)25(30)28-11-13-31-14-12-28/h1-10H,11-15H2,(H,27,29). The van der Waals surface area contributed by atoms with Gasteiger partial charge in [-0.1, -0.05) is 12.1 Å². The van der Waals surface area contributed by atoms with Gasteiger partial charge in [-0.2, -0.15) is 0 Å². The molecule has 174 valence electrons. The van der Waals surface area contributed by atoms with Crippen molar-refractivity contribution in [3.05, 3.63) is 83.8 Å². The number of carbonyl (C=O) groups is 2. The van der Waals surface area contributed by atoms with Crippen molar-refractivity contribution in [1.29, 1.82) is 0 Å². The normalized spacial score (nSPS) is 13.7. The molecule has 1 aliphatic rings. The summed E-state index contributed by atoms with van der Waals surface area (Å²) in [7, 11) is 0. The van der Waals surface area contributed by atoms with Crippen molar-refractivity contribution in [3.8, 4) is 5.75 Å². The van der Waals surface area contributed by atoms with Crippen LogP contribution in [0.4, 0.5) is 10.1 Å². The van der Waals surface area contributed by atoms with Crippen molar-refractivity contribution in [2.75, 3.05) is 31.6 Å². The summed E-state index contributed by atoms with van der Waals surface area (Å²) < 4.78 is 35.3. The van der Waals surface area contributed by atoms with Gasteiger partial charge in [-0.15, -0.1) is 0 Å². The van der Waals surface area contributed by atoms with E-state index in [2.05, 4.69) is 5.32 Å². The predicted molar refractivity (Wildman–Crippen MR) is 120 cm³/mol. The Morgan fingerprint density at radius 2 is 1.74 bits per heavy atom. The van der Waals surface area contributed by atoms with Gasteiger partial charge in [0.25, 0.3) is 11.8 Å². The van der Waals surface area contributed by atoms with Crippen molar-refractivity contribution in [3.63, 3.8) is 0 Å². The van der Waals surface area contributed by atoms with Gasteiger partial charge in [-0.05, 0) is 48.5 Å². The van der Waals surface area contributed by atoms with E-state index in [0.29, 0.717) is 48.8 Å². The number of para-hydroxylation sites is 1. The Labute approximate surface area is 193 Å². The van der Waals surface area contributed by atoms with Gasteiger partial charge in [0.2, 0.25) is 5.76 Å². The molecule has 2 amide bonds. The van der Waals surface area contributed by atoms with Crippen LogP contribution >= 0.6 is 0 Å². The Bertz CT molecular complexity index is 1320. The number of furan rings is 2. The highest BCUT2D eigenvalue weighted by Crippen LogP contribution is 2.32. The van der Waals surface area contributed by atoms with E-state index < -0.39 is 5.91 Å². The number of halogens is 1. The van der Waals surface area contributed by atoms with Gasteiger partial charge in [-0.3, -0.25) is 9.59 Å². The van der Waals surface area contributed by atoms with E-state index in [1.807, 2.05) is 0 Å². The molecule has 4 aromatic rings. The van der Waals surface area contributed by atoms with E-state index in [1.54, 1.807) is 35.2 Å². The Kier molecular flexibility index (Phi) is 6.01. The van der Waals surface area contributed by atoms with Crippen LogP contribution in [0.15, 0.2) is 69.5 Å². The topological polar surface area (TPSA) is 94.2 Å². The first kappa shape index (κ1) is 21.7. The Morgan fingerprint density at radius 1 is 0.971 bits per heavy atom. The van der Waals surface area contributed by atoms with Crippen LogP contribution in [0.1, 0.15) is 26.9 Å². The fraction of sp³-hybridized carbons (Fsp3) is 0.200. The van der Waals surface area contributed by atoms with Crippen LogP contribution < -0.4 is 10.1 Å². The third-order valence-electron chi connectivity index (χ3n) is 5.41. The van der Waals surface area contributed by atoms with Crippen molar-refractivity contribution in [2.45, 2.75) is 6.61 Å². The molecule has 2 aromatic heterocycles. The molecule has 1 saturated heterocycles. The number of nitrogens with one attached hydrogen (secondary N) is 1. The summed E-state index contributed by atoms with van der Waals surface area (Å²) in [5, 5.41) is 3.39. The molecule has 0 aliphatic carbocycles. The number of hydrogen-bond donors (Lipinski definition) is 1. The van der Waals surface area contributed by atoms with Crippen LogP contribution in [0.25, 0.3) is 11.0 Å². The lowest BCUT2D eigenvalue weighted by Gasteiger charge is -2.26. The molecule has 1 aliphatic heterocycles. The van der Waals surface area contributed by atoms with Gasteiger partial charge in [0.1, 0.15) is 35.2 Å². The number of anilines is 1. The molecular formula is C25H21FN2O6. The Balaban J connectivity index is 1.34. The average Bonchev–Trinajstić information content (AvgIpc) is 3.49. The zero-order valence-corrected chi connectivity index (χ0v) is 18.1. The summed E-state index contributed by atoms with van der Waals surface area (Å²) in [5.74, 6) is -0.215. The summed E-state index contributed by atoms with van der Waals surface area (Å²) in [6, 6.07) is 15.8. The third-order valence-corrected chi connectivity index (χ3v) is 5.41. The Morgan fingerprint density at radius 3 is 2.53 bits per heavy atom. The van der Waals surface area contributed by atoms with Crippen molar-refractivity contribution >= 4 is 28.5 Å². The maximum atomic E-state index is 13.1. The molecule has 0 spiro atoms. The largest absolute Gasteiger partial charge is 0.486 e. The first-order valence-corrected chi connectivity index (χ1v) is 10.8. The van der Waals surface area contributed by atoms with Crippen LogP contribution in [-0.4, -0.2) is 43.0 Å². The molecule has 0 bridgehead atoms. The minimum atomic E-state index is -0.532. The number of carbonyl (C=O) groups excluding carboxylic acids is 2. The summed E-state index contributed by atoms with van der Waals surface area (Å²) in [5.41, 5.74) is 0.778. The molecule has 0 atom stereocenters. The number of hydrogen-bond acceptors (Lipinski definition) is 6. The fourth-order valence-corrected chi connectivity index (χ4v) is 3.67. The molecule has 5 rings (SSSR count). The highest BCUT2D eigenvalue weighted by Gasteiger charge is 2.28. The molecule has 1 N–H and O–H groups in total. The molecule has 8 nitrogen and oxygen atoms in total. The number of rotatable bonds is 6. The molecule has 0 unspecified atom stereocenters. The number of benzene rings is 2. The number of nitrogens with zero attached hydrogens (tertiary/aromatic N) is 1. The molecular weight excluding hydrogens is 443 g/mol. The van der Waals surface area contributed by atoms with Crippen LogP contribution in [0.2, 0.25) is 0 Å². The number of ether oxygens (including phenoxy) is 2. The lowest BCUT2D eigenvalue weighted by molar-refractivity contribution is 0.0285. The molecule has 9 heteroatoms. The zero-order chi connectivity index (χ0) is 23.5. The van der Waals surface area contributed by atoms with Crippen LogP contribution in [0.3, 0.4) is 0 Å². The van der Waals surface area contributed by atoms with Gasteiger partial charge >= 0.3 is 0 Å².